The van der Waals surface area contributed by atoms with E-state index >= 15 is 0 Å². The molecule has 0 saturated carbocycles. The van der Waals surface area contributed by atoms with Gasteiger partial charge in [-0.15, -0.1) is 0 Å². The molecule has 0 saturated heterocycles. The molecule has 0 bridgehead atoms. The summed E-state index contributed by atoms with van der Waals surface area (Å²) in [6.45, 7) is 13.3. The molecule has 0 N–H and O–H groups in total. The highest BCUT2D eigenvalue weighted by Crippen LogP contribution is 2.38. The van der Waals surface area contributed by atoms with Crippen LogP contribution in [0.4, 0.5) is 0 Å². The molecule has 0 aliphatic carbocycles. The molecule has 4 rings (SSSR count). The number of ether oxygens (including phenoxy) is 3. The Morgan fingerprint density at radius 3 is 2.53 bits per heavy atom. The van der Waals surface area contributed by atoms with Crippen molar-refractivity contribution in [1.29, 1.82) is 0 Å². The second-order valence-electron chi connectivity index (χ2n) is 11.0. The average molecular weight is 509 g/mol. The zero-order chi connectivity index (χ0) is 26.1. The Hall–Kier alpha value is -2.77. The van der Waals surface area contributed by atoms with Gasteiger partial charge in [0.25, 0.3) is 0 Å². The summed E-state index contributed by atoms with van der Waals surface area (Å²) in [7, 11) is 3.62. The molecule has 0 atom stereocenters. The van der Waals surface area contributed by atoms with Gasteiger partial charge in [0.1, 0.15) is 17.2 Å². The molecule has 0 amide bonds. The van der Waals surface area contributed by atoms with Crippen LogP contribution in [0.15, 0.2) is 41.4 Å². The van der Waals surface area contributed by atoms with Crippen molar-refractivity contribution in [3.63, 3.8) is 0 Å². The molecule has 7 heteroatoms. The lowest BCUT2D eigenvalue weighted by molar-refractivity contribution is 0.269. The van der Waals surface area contributed by atoms with Crippen LogP contribution in [0.2, 0.25) is 18.1 Å². The maximum absolute atomic E-state index is 6.53. The summed E-state index contributed by atoms with van der Waals surface area (Å²) in [6, 6.07) is 12.5. The van der Waals surface area contributed by atoms with E-state index in [2.05, 4.69) is 63.7 Å². The third kappa shape index (κ3) is 5.32. The minimum Gasteiger partial charge on any atom is -0.497 e. The van der Waals surface area contributed by atoms with Crippen LogP contribution in [-0.4, -0.2) is 39.4 Å². The fourth-order valence-electron chi connectivity index (χ4n) is 4.26. The highest BCUT2D eigenvalue weighted by Gasteiger charge is 2.37. The summed E-state index contributed by atoms with van der Waals surface area (Å²) in [6.07, 6.45) is 1.82. The van der Waals surface area contributed by atoms with Crippen LogP contribution < -0.4 is 14.2 Å². The summed E-state index contributed by atoms with van der Waals surface area (Å²) in [5.74, 6) is 2.46. The average Bonchev–Trinajstić information content (AvgIpc) is 3.01. The maximum Gasteiger partial charge on any atom is 0.192 e. The Balaban J connectivity index is 1.65. The normalized spacial score (nSPS) is 15.5. The van der Waals surface area contributed by atoms with Crippen molar-refractivity contribution in [2.75, 3.05) is 20.8 Å². The monoisotopic (exact) mass is 508 g/mol. The van der Waals surface area contributed by atoms with Gasteiger partial charge < -0.3 is 23.2 Å². The van der Waals surface area contributed by atoms with E-state index in [1.807, 2.05) is 18.2 Å². The van der Waals surface area contributed by atoms with Crippen LogP contribution in [0.25, 0.3) is 10.9 Å². The summed E-state index contributed by atoms with van der Waals surface area (Å²) in [5.41, 5.74) is 5.51. The fourth-order valence-corrected chi connectivity index (χ4v) is 5.20. The van der Waals surface area contributed by atoms with Crippen molar-refractivity contribution in [2.24, 2.45) is 12.0 Å². The van der Waals surface area contributed by atoms with Gasteiger partial charge in [-0.2, -0.15) is 0 Å². The predicted molar refractivity (Wildman–Crippen MR) is 149 cm³/mol. The Bertz CT molecular complexity index is 1270. The molecule has 0 fully saturated rings. The maximum atomic E-state index is 6.53. The smallest absolute Gasteiger partial charge is 0.192 e. The van der Waals surface area contributed by atoms with Crippen LogP contribution in [-0.2, 0) is 24.6 Å². The van der Waals surface area contributed by atoms with Crippen LogP contribution in [0, 0.1) is 0 Å². The zero-order valence-corrected chi connectivity index (χ0v) is 24.0. The molecule has 0 radical (unpaired) electrons. The van der Waals surface area contributed by atoms with E-state index in [0.29, 0.717) is 19.8 Å². The Morgan fingerprint density at radius 2 is 1.83 bits per heavy atom. The minimum atomic E-state index is -1.84. The van der Waals surface area contributed by atoms with Gasteiger partial charge in [0.15, 0.2) is 8.32 Å². The lowest BCUT2D eigenvalue weighted by atomic mass is 10.0. The molecule has 0 spiro atoms. The molecule has 1 aliphatic rings. The van der Waals surface area contributed by atoms with E-state index in [9.17, 15) is 0 Å². The number of aryl methyl sites for hydroxylation is 1. The van der Waals surface area contributed by atoms with Gasteiger partial charge in [0.05, 0.1) is 39.5 Å². The number of benzene rings is 2. The zero-order valence-electron chi connectivity index (χ0n) is 23.0. The highest BCUT2D eigenvalue weighted by molar-refractivity contribution is 6.74. The molecule has 2 aromatic carbocycles. The van der Waals surface area contributed by atoms with E-state index in [-0.39, 0.29) is 5.04 Å². The van der Waals surface area contributed by atoms with E-state index in [1.54, 1.807) is 14.2 Å². The van der Waals surface area contributed by atoms with Gasteiger partial charge in [-0.05, 0) is 55.2 Å². The lowest BCUT2D eigenvalue weighted by Crippen LogP contribution is -2.40. The second-order valence-corrected chi connectivity index (χ2v) is 15.9. The van der Waals surface area contributed by atoms with Gasteiger partial charge in [-0.3, -0.25) is 4.99 Å². The van der Waals surface area contributed by atoms with Crippen molar-refractivity contribution in [2.45, 2.75) is 64.9 Å². The number of aliphatic imine (C=N–C) groups is 1. The summed E-state index contributed by atoms with van der Waals surface area (Å²) < 4.78 is 25.8. The number of hydrogen-bond acceptors (Lipinski definition) is 5. The number of fused-ring (bicyclic) bond motifs is 2. The Morgan fingerprint density at radius 1 is 1.06 bits per heavy atom. The van der Waals surface area contributed by atoms with Crippen LogP contribution in [0.5, 0.6) is 17.2 Å². The van der Waals surface area contributed by atoms with Crippen molar-refractivity contribution in [3.8, 4) is 17.2 Å². The number of methoxy groups -OCH3 is 2. The predicted octanol–water partition coefficient (Wildman–Crippen LogP) is 6.88. The number of nitrogens with zero attached hydrogens (tertiary/aromatic N) is 2. The first-order chi connectivity index (χ1) is 17.0. The SMILES string of the molecule is COc1ccc(C/N=C2\CCCOc3cc4c(cc32)cc(CO[Si](C)(C)C(C)(C)C)n4C)c(OC)c1. The summed E-state index contributed by atoms with van der Waals surface area (Å²) in [5, 5.41) is 1.37. The lowest BCUT2D eigenvalue weighted by Gasteiger charge is -2.36. The number of aromatic nitrogens is 1. The number of rotatable bonds is 7. The fraction of sp³-hybridized carbons (Fsp3) is 0.483. The standard InChI is InChI=1S/C29H40N2O4Si/c1-29(2,3)36(7,8)35-19-22-14-21-15-24-25(10-9-13-34-28(24)17-26(21)31(22)4)30-18-20-11-12-23(32-5)16-27(20)33-6/h11-12,14-17H,9-10,13,18-19H2,1-8H3/b30-25+. The molecule has 0 unspecified atom stereocenters. The molecular weight excluding hydrogens is 468 g/mol. The van der Waals surface area contributed by atoms with Crippen molar-refractivity contribution >= 4 is 24.9 Å². The van der Waals surface area contributed by atoms with Crippen LogP contribution in [0.3, 0.4) is 0 Å². The molecule has 36 heavy (non-hydrogen) atoms. The molecule has 2 heterocycles. The van der Waals surface area contributed by atoms with E-state index < -0.39 is 8.32 Å². The molecule has 194 valence electrons. The Labute approximate surface area is 216 Å². The molecular formula is C29H40N2O4Si. The first-order valence-corrected chi connectivity index (χ1v) is 15.6. The summed E-state index contributed by atoms with van der Waals surface area (Å²) >= 11 is 0. The topological polar surface area (TPSA) is 54.2 Å². The molecule has 1 aliphatic heterocycles. The molecule has 6 nitrogen and oxygen atoms in total. The molecule has 1 aromatic heterocycles. The van der Waals surface area contributed by atoms with E-state index in [4.69, 9.17) is 23.6 Å². The quantitative estimate of drug-likeness (QED) is 0.327. The van der Waals surface area contributed by atoms with Gasteiger partial charge in [0.2, 0.25) is 0 Å². The van der Waals surface area contributed by atoms with Crippen molar-refractivity contribution in [1.82, 2.24) is 4.57 Å². The van der Waals surface area contributed by atoms with E-state index in [1.165, 1.54) is 11.1 Å². The minimum absolute atomic E-state index is 0.181. The van der Waals surface area contributed by atoms with Crippen molar-refractivity contribution in [3.05, 3.63) is 53.2 Å². The first-order valence-electron chi connectivity index (χ1n) is 12.7. The third-order valence-corrected chi connectivity index (χ3v) is 12.2. The second kappa shape index (κ2) is 10.3. The number of hydrogen-bond donors (Lipinski definition) is 0. The van der Waals surface area contributed by atoms with Crippen LogP contribution in [0.1, 0.15) is 50.4 Å². The van der Waals surface area contributed by atoms with Gasteiger partial charge in [0, 0.05) is 47.1 Å². The van der Waals surface area contributed by atoms with Gasteiger partial charge in [-0.25, -0.2) is 0 Å². The molecule has 3 aromatic rings. The largest absolute Gasteiger partial charge is 0.497 e. The van der Waals surface area contributed by atoms with Crippen molar-refractivity contribution < 1.29 is 18.6 Å². The third-order valence-electron chi connectivity index (χ3n) is 7.69. The van der Waals surface area contributed by atoms with Crippen LogP contribution >= 0.6 is 0 Å². The van der Waals surface area contributed by atoms with E-state index in [0.717, 1.165) is 52.4 Å². The Kier molecular flexibility index (Phi) is 7.53. The van der Waals surface area contributed by atoms with Gasteiger partial charge >= 0.3 is 0 Å². The first kappa shape index (κ1) is 26.3. The van der Waals surface area contributed by atoms with Gasteiger partial charge in [-0.1, -0.05) is 20.8 Å². The highest BCUT2D eigenvalue weighted by atomic mass is 28.4. The summed E-state index contributed by atoms with van der Waals surface area (Å²) in [4.78, 5) is 5.04.